The van der Waals surface area contributed by atoms with Gasteiger partial charge in [0.25, 0.3) is 0 Å². The second kappa shape index (κ2) is 7.15. The van der Waals surface area contributed by atoms with E-state index >= 15 is 0 Å². The van der Waals surface area contributed by atoms with Crippen molar-refractivity contribution >= 4 is 28.5 Å². The quantitative estimate of drug-likeness (QED) is 0.548. The predicted octanol–water partition coefficient (Wildman–Crippen LogP) is 3.85. The zero-order valence-corrected chi connectivity index (χ0v) is 15.5. The van der Waals surface area contributed by atoms with Gasteiger partial charge < -0.3 is 15.8 Å². The van der Waals surface area contributed by atoms with Crippen molar-refractivity contribution in [2.45, 2.75) is 13.3 Å². The molecule has 8 heteroatoms. The Morgan fingerprint density at radius 2 is 1.86 bits per heavy atom. The minimum Gasteiger partial charge on any atom is -0.497 e. The Bertz CT molecular complexity index is 1140. The van der Waals surface area contributed by atoms with Crippen LogP contribution in [0.3, 0.4) is 0 Å². The lowest BCUT2D eigenvalue weighted by Gasteiger charge is -2.11. The van der Waals surface area contributed by atoms with E-state index in [1.807, 2.05) is 31.2 Å². The summed E-state index contributed by atoms with van der Waals surface area (Å²) in [6.45, 7) is 1.98. The fraction of sp³-hybridized carbons (Fsp3) is 0.150. The van der Waals surface area contributed by atoms with Crippen molar-refractivity contribution in [3.8, 4) is 11.6 Å². The summed E-state index contributed by atoms with van der Waals surface area (Å²) in [5.41, 5.74) is 8.12. The van der Waals surface area contributed by atoms with Crippen LogP contribution in [0.1, 0.15) is 12.7 Å². The normalized spacial score (nSPS) is 11.0. The first kappa shape index (κ1) is 17.7. The van der Waals surface area contributed by atoms with Gasteiger partial charge in [0.2, 0.25) is 5.95 Å². The molecule has 0 aliphatic carbocycles. The van der Waals surface area contributed by atoms with E-state index in [0.29, 0.717) is 35.0 Å². The Morgan fingerprint density at radius 3 is 2.57 bits per heavy atom. The molecule has 0 unspecified atom stereocenters. The zero-order chi connectivity index (χ0) is 19.7. The van der Waals surface area contributed by atoms with Gasteiger partial charge in [-0.1, -0.05) is 6.92 Å². The topological polar surface area (TPSA) is 90.9 Å². The highest BCUT2D eigenvalue weighted by molar-refractivity contribution is 5.78. The lowest BCUT2D eigenvalue weighted by molar-refractivity contribution is 0.415. The summed E-state index contributed by atoms with van der Waals surface area (Å²) in [5, 5.41) is 3.13. The van der Waals surface area contributed by atoms with Crippen LogP contribution < -0.4 is 15.8 Å². The van der Waals surface area contributed by atoms with Gasteiger partial charge >= 0.3 is 0 Å². The summed E-state index contributed by atoms with van der Waals surface area (Å²) in [4.78, 5) is 13.4. The lowest BCUT2D eigenvalue weighted by atomic mass is 10.3. The van der Waals surface area contributed by atoms with Crippen LogP contribution in [0.2, 0.25) is 0 Å². The van der Waals surface area contributed by atoms with E-state index in [1.165, 1.54) is 12.1 Å². The van der Waals surface area contributed by atoms with Crippen molar-refractivity contribution in [2.24, 2.45) is 0 Å². The number of nitrogens with two attached hydrogens (primary N) is 1. The number of fused-ring (bicyclic) bond motifs is 1. The molecule has 0 fully saturated rings. The highest BCUT2D eigenvalue weighted by Gasteiger charge is 2.15. The Balaban J connectivity index is 1.78. The molecular weight excluding hydrogens is 359 g/mol. The van der Waals surface area contributed by atoms with Crippen LogP contribution in [0.15, 0.2) is 48.5 Å². The number of hydrogen-bond acceptors (Lipinski definition) is 6. The van der Waals surface area contributed by atoms with E-state index < -0.39 is 0 Å². The molecule has 0 spiro atoms. The van der Waals surface area contributed by atoms with E-state index in [-0.39, 0.29) is 5.82 Å². The number of aryl methyl sites for hydroxylation is 1. The van der Waals surface area contributed by atoms with Crippen molar-refractivity contribution in [3.05, 3.63) is 60.2 Å². The molecule has 2 heterocycles. The number of aromatic nitrogens is 4. The van der Waals surface area contributed by atoms with Crippen molar-refractivity contribution < 1.29 is 9.13 Å². The van der Waals surface area contributed by atoms with Gasteiger partial charge in [0.15, 0.2) is 0 Å². The SMILES string of the molecule is CCc1nc2ccc(F)cc2n1-c1cc(N)nc(Nc2ccc(OC)cc2)n1. The number of hydrogen-bond donors (Lipinski definition) is 2. The molecule has 0 amide bonds. The summed E-state index contributed by atoms with van der Waals surface area (Å²) in [6.07, 6.45) is 0.654. The second-order valence-electron chi connectivity index (χ2n) is 6.18. The van der Waals surface area contributed by atoms with E-state index in [9.17, 15) is 4.39 Å². The molecule has 0 saturated heterocycles. The van der Waals surface area contributed by atoms with Gasteiger partial charge in [-0.15, -0.1) is 0 Å². The molecule has 0 bridgehead atoms. The van der Waals surface area contributed by atoms with Gasteiger partial charge in [-0.2, -0.15) is 9.97 Å². The highest BCUT2D eigenvalue weighted by atomic mass is 19.1. The van der Waals surface area contributed by atoms with Crippen LogP contribution in [0.4, 0.5) is 21.8 Å². The second-order valence-corrected chi connectivity index (χ2v) is 6.18. The number of halogens is 1. The first-order valence-corrected chi connectivity index (χ1v) is 8.80. The Morgan fingerprint density at radius 1 is 1.07 bits per heavy atom. The molecule has 0 aliphatic heterocycles. The van der Waals surface area contributed by atoms with E-state index in [1.54, 1.807) is 23.8 Å². The van der Waals surface area contributed by atoms with Crippen LogP contribution in [0, 0.1) is 5.82 Å². The summed E-state index contributed by atoms with van der Waals surface area (Å²) in [7, 11) is 1.61. The highest BCUT2D eigenvalue weighted by Crippen LogP contribution is 2.25. The Kier molecular flexibility index (Phi) is 4.52. The van der Waals surface area contributed by atoms with Crippen LogP contribution in [-0.4, -0.2) is 26.6 Å². The molecule has 7 nitrogen and oxygen atoms in total. The predicted molar refractivity (Wildman–Crippen MR) is 107 cm³/mol. The standard InChI is InChI=1S/C20H19FN6O/c1-3-18-24-15-9-4-12(21)10-16(15)27(18)19-11-17(22)25-20(26-19)23-13-5-7-14(28-2)8-6-13/h4-11H,3H2,1-2H3,(H3,22,23,25,26). The number of nitrogens with one attached hydrogen (secondary N) is 1. The Labute approximate surface area is 161 Å². The van der Waals surface area contributed by atoms with Crippen LogP contribution >= 0.6 is 0 Å². The number of ether oxygens (including phenoxy) is 1. The molecular formula is C20H19FN6O. The van der Waals surface area contributed by atoms with Crippen molar-refractivity contribution in [1.29, 1.82) is 0 Å². The van der Waals surface area contributed by atoms with E-state index in [0.717, 1.165) is 17.3 Å². The van der Waals surface area contributed by atoms with Crippen molar-refractivity contribution in [3.63, 3.8) is 0 Å². The summed E-state index contributed by atoms with van der Waals surface area (Å²) >= 11 is 0. The van der Waals surface area contributed by atoms with E-state index in [2.05, 4.69) is 20.3 Å². The summed E-state index contributed by atoms with van der Waals surface area (Å²) in [6, 6.07) is 13.5. The number of nitrogens with zero attached hydrogens (tertiary/aromatic N) is 4. The number of nitrogen functional groups attached to an aromatic ring is 1. The van der Waals surface area contributed by atoms with Gasteiger partial charge in [0.05, 0.1) is 18.1 Å². The lowest BCUT2D eigenvalue weighted by Crippen LogP contribution is -2.08. The molecule has 0 atom stereocenters. The van der Waals surface area contributed by atoms with Crippen LogP contribution in [0.5, 0.6) is 5.75 Å². The largest absolute Gasteiger partial charge is 0.497 e. The fourth-order valence-electron chi connectivity index (χ4n) is 3.02. The molecule has 3 N–H and O–H groups in total. The minimum atomic E-state index is -0.338. The molecule has 4 aromatic rings. The monoisotopic (exact) mass is 378 g/mol. The third-order valence-electron chi connectivity index (χ3n) is 4.31. The van der Waals surface area contributed by atoms with Gasteiger partial charge in [-0.25, -0.2) is 9.37 Å². The van der Waals surface area contributed by atoms with Crippen LogP contribution in [0.25, 0.3) is 16.9 Å². The third kappa shape index (κ3) is 3.32. The van der Waals surface area contributed by atoms with Crippen molar-refractivity contribution in [1.82, 2.24) is 19.5 Å². The molecule has 28 heavy (non-hydrogen) atoms. The molecule has 0 saturated carbocycles. The number of methoxy groups -OCH3 is 1. The minimum absolute atomic E-state index is 0.293. The first-order chi connectivity index (χ1) is 13.6. The van der Waals surface area contributed by atoms with Gasteiger partial charge in [0, 0.05) is 24.2 Å². The average Bonchev–Trinajstić information content (AvgIpc) is 3.06. The smallest absolute Gasteiger partial charge is 0.231 e. The maximum atomic E-state index is 13.8. The van der Waals surface area contributed by atoms with Gasteiger partial charge in [0.1, 0.15) is 29.0 Å². The van der Waals surface area contributed by atoms with Crippen molar-refractivity contribution in [2.75, 3.05) is 18.2 Å². The number of imidazole rings is 1. The first-order valence-electron chi connectivity index (χ1n) is 8.80. The maximum absolute atomic E-state index is 13.8. The summed E-state index contributed by atoms with van der Waals surface area (Å²) < 4.78 is 20.8. The van der Waals surface area contributed by atoms with E-state index in [4.69, 9.17) is 10.5 Å². The van der Waals surface area contributed by atoms with Crippen LogP contribution in [-0.2, 0) is 6.42 Å². The van der Waals surface area contributed by atoms with Gasteiger partial charge in [-0.3, -0.25) is 4.57 Å². The number of rotatable bonds is 5. The molecule has 4 rings (SSSR count). The fourth-order valence-corrected chi connectivity index (χ4v) is 3.02. The van der Waals surface area contributed by atoms with Gasteiger partial charge in [-0.05, 0) is 36.4 Å². The molecule has 0 radical (unpaired) electrons. The maximum Gasteiger partial charge on any atom is 0.231 e. The third-order valence-corrected chi connectivity index (χ3v) is 4.31. The molecule has 2 aromatic heterocycles. The molecule has 2 aromatic carbocycles. The molecule has 0 aliphatic rings. The summed E-state index contributed by atoms with van der Waals surface area (Å²) in [5.74, 6) is 2.32. The number of benzene rings is 2. The average molecular weight is 378 g/mol. The zero-order valence-electron chi connectivity index (χ0n) is 15.5. The Hall–Kier alpha value is -3.68. The number of anilines is 3. The molecule has 142 valence electrons.